The summed E-state index contributed by atoms with van der Waals surface area (Å²) >= 11 is 0. The van der Waals surface area contributed by atoms with Crippen molar-refractivity contribution in [2.24, 2.45) is 5.41 Å². The highest BCUT2D eigenvalue weighted by Gasteiger charge is 2.48. The summed E-state index contributed by atoms with van der Waals surface area (Å²) in [4.78, 5) is 11.7. The standard InChI is InChI=1S/C16H22O3/c1-10-7-11(2)14(12(3)8-10)9-16(15(17)18)5-6-19-13(16)4/h7-8,13H,5-6,9H2,1-4H3,(H,17,18). The zero-order valence-electron chi connectivity index (χ0n) is 12.1. The van der Waals surface area contributed by atoms with Crippen molar-refractivity contribution in [3.63, 3.8) is 0 Å². The molecule has 0 bridgehead atoms. The first kappa shape index (κ1) is 14.1. The van der Waals surface area contributed by atoms with Gasteiger partial charge in [-0.2, -0.15) is 0 Å². The lowest BCUT2D eigenvalue weighted by Crippen LogP contribution is -2.39. The van der Waals surface area contributed by atoms with Crippen LogP contribution >= 0.6 is 0 Å². The number of carboxylic acids is 1. The number of rotatable bonds is 3. The van der Waals surface area contributed by atoms with Gasteiger partial charge in [-0.25, -0.2) is 0 Å². The van der Waals surface area contributed by atoms with E-state index in [9.17, 15) is 9.90 Å². The summed E-state index contributed by atoms with van der Waals surface area (Å²) in [5, 5.41) is 9.65. The summed E-state index contributed by atoms with van der Waals surface area (Å²) < 4.78 is 5.52. The fraction of sp³-hybridized carbons (Fsp3) is 0.562. The third kappa shape index (κ3) is 2.39. The minimum absolute atomic E-state index is 0.231. The van der Waals surface area contributed by atoms with Gasteiger partial charge in [-0.3, -0.25) is 4.79 Å². The quantitative estimate of drug-likeness (QED) is 0.910. The summed E-state index contributed by atoms with van der Waals surface area (Å²) in [7, 11) is 0. The number of aliphatic carboxylic acids is 1. The molecule has 2 atom stereocenters. The van der Waals surface area contributed by atoms with Crippen LogP contribution in [-0.4, -0.2) is 23.8 Å². The Morgan fingerprint density at radius 1 is 1.37 bits per heavy atom. The highest BCUT2D eigenvalue weighted by molar-refractivity contribution is 5.76. The van der Waals surface area contributed by atoms with Crippen molar-refractivity contribution < 1.29 is 14.6 Å². The molecule has 19 heavy (non-hydrogen) atoms. The number of ether oxygens (including phenoxy) is 1. The Hall–Kier alpha value is -1.35. The Morgan fingerprint density at radius 2 is 1.95 bits per heavy atom. The molecule has 2 unspecified atom stereocenters. The van der Waals surface area contributed by atoms with Gasteiger partial charge in [-0.05, 0) is 57.2 Å². The van der Waals surface area contributed by atoms with Crippen LogP contribution in [0, 0.1) is 26.2 Å². The van der Waals surface area contributed by atoms with Gasteiger partial charge in [-0.15, -0.1) is 0 Å². The Morgan fingerprint density at radius 3 is 2.37 bits per heavy atom. The van der Waals surface area contributed by atoms with Crippen molar-refractivity contribution in [1.29, 1.82) is 0 Å². The molecule has 1 saturated heterocycles. The SMILES string of the molecule is Cc1cc(C)c(CC2(C(=O)O)CCOC2C)c(C)c1. The van der Waals surface area contributed by atoms with Crippen molar-refractivity contribution in [3.05, 3.63) is 34.4 Å². The molecule has 0 spiro atoms. The van der Waals surface area contributed by atoms with Gasteiger partial charge in [0.1, 0.15) is 0 Å². The van der Waals surface area contributed by atoms with Crippen molar-refractivity contribution in [3.8, 4) is 0 Å². The summed E-state index contributed by atoms with van der Waals surface area (Å²) in [5.74, 6) is -0.739. The number of aryl methyl sites for hydroxylation is 3. The van der Waals surface area contributed by atoms with E-state index < -0.39 is 11.4 Å². The van der Waals surface area contributed by atoms with Gasteiger partial charge in [0.2, 0.25) is 0 Å². The Labute approximate surface area is 114 Å². The molecule has 3 heteroatoms. The third-order valence-electron chi connectivity index (χ3n) is 4.45. The molecule has 2 rings (SSSR count). The topological polar surface area (TPSA) is 46.5 Å². The molecule has 0 aromatic heterocycles. The zero-order chi connectivity index (χ0) is 14.2. The van der Waals surface area contributed by atoms with E-state index in [1.807, 2.05) is 6.92 Å². The van der Waals surface area contributed by atoms with Crippen molar-refractivity contribution in [1.82, 2.24) is 0 Å². The Bertz CT molecular complexity index is 484. The van der Waals surface area contributed by atoms with Crippen LogP contribution in [0.5, 0.6) is 0 Å². The second kappa shape index (κ2) is 4.97. The molecule has 1 heterocycles. The fourth-order valence-corrected chi connectivity index (χ4v) is 3.17. The number of hydrogen-bond acceptors (Lipinski definition) is 2. The van der Waals surface area contributed by atoms with Gasteiger partial charge in [0.25, 0.3) is 0 Å². The molecule has 1 fully saturated rings. The van der Waals surface area contributed by atoms with E-state index in [0.29, 0.717) is 19.4 Å². The van der Waals surface area contributed by atoms with E-state index in [0.717, 1.165) is 5.56 Å². The normalized spacial score (nSPS) is 26.6. The van der Waals surface area contributed by atoms with Crippen LogP contribution in [0.2, 0.25) is 0 Å². The van der Waals surface area contributed by atoms with E-state index >= 15 is 0 Å². The minimum atomic E-state index is -0.773. The van der Waals surface area contributed by atoms with Crippen molar-refractivity contribution >= 4 is 5.97 Å². The lowest BCUT2D eigenvalue weighted by molar-refractivity contribution is -0.151. The third-order valence-corrected chi connectivity index (χ3v) is 4.45. The Balaban J connectivity index is 2.41. The molecule has 0 radical (unpaired) electrons. The summed E-state index contributed by atoms with van der Waals surface area (Å²) in [5.41, 5.74) is 3.96. The zero-order valence-corrected chi connectivity index (χ0v) is 12.1. The molecule has 1 aromatic carbocycles. The molecule has 104 valence electrons. The molecule has 1 N–H and O–H groups in total. The van der Waals surface area contributed by atoms with Crippen LogP contribution < -0.4 is 0 Å². The molecule has 1 aliphatic rings. The summed E-state index contributed by atoms with van der Waals surface area (Å²) in [6.45, 7) is 8.60. The van der Waals surface area contributed by atoms with Crippen LogP contribution in [0.1, 0.15) is 35.6 Å². The van der Waals surface area contributed by atoms with Crippen LogP contribution in [0.4, 0.5) is 0 Å². The maximum atomic E-state index is 11.7. The molecule has 0 amide bonds. The van der Waals surface area contributed by atoms with Crippen LogP contribution in [0.15, 0.2) is 12.1 Å². The number of hydrogen-bond donors (Lipinski definition) is 1. The number of carboxylic acid groups (broad SMARTS) is 1. The predicted molar refractivity (Wildman–Crippen MR) is 74.5 cm³/mol. The van der Waals surface area contributed by atoms with Gasteiger partial charge in [0, 0.05) is 6.61 Å². The number of benzene rings is 1. The van der Waals surface area contributed by atoms with E-state index in [4.69, 9.17) is 4.74 Å². The molecular weight excluding hydrogens is 240 g/mol. The lowest BCUT2D eigenvalue weighted by atomic mass is 9.74. The van der Waals surface area contributed by atoms with Gasteiger partial charge < -0.3 is 9.84 Å². The van der Waals surface area contributed by atoms with Crippen LogP contribution in [0.3, 0.4) is 0 Å². The fourth-order valence-electron chi connectivity index (χ4n) is 3.17. The Kier molecular flexibility index (Phi) is 3.68. The van der Waals surface area contributed by atoms with Gasteiger partial charge >= 0.3 is 5.97 Å². The highest BCUT2D eigenvalue weighted by atomic mass is 16.5. The second-order valence-corrected chi connectivity index (χ2v) is 5.78. The smallest absolute Gasteiger partial charge is 0.312 e. The molecule has 3 nitrogen and oxygen atoms in total. The van der Waals surface area contributed by atoms with E-state index in [1.165, 1.54) is 16.7 Å². The first-order valence-electron chi connectivity index (χ1n) is 6.78. The molecule has 1 aromatic rings. The number of carbonyl (C=O) groups is 1. The largest absolute Gasteiger partial charge is 0.481 e. The minimum Gasteiger partial charge on any atom is -0.481 e. The van der Waals surface area contributed by atoms with Crippen LogP contribution in [-0.2, 0) is 16.0 Å². The first-order chi connectivity index (χ1) is 8.86. The molecular formula is C16H22O3. The summed E-state index contributed by atoms with van der Waals surface area (Å²) in [6.07, 6.45) is 0.919. The van der Waals surface area contributed by atoms with E-state index in [-0.39, 0.29) is 6.10 Å². The highest BCUT2D eigenvalue weighted by Crippen LogP contribution is 2.40. The molecule has 0 aliphatic carbocycles. The van der Waals surface area contributed by atoms with Crippen LogP contribution in [0.25, 0.3) is 0 Å². The predicted octanol–water partition coefficient (Wildman–Crippen LogP) is 3.03. The average Bonchev–Trinajstić information content (AvgIpc) is 2.66. The second-order valence-electron chi connectivity index (χ2n) is 5.78. The maximum absolute atomic E-state index is 11.7. The monoisotopic (exact) mass is 262 g/mol. The average molecular weight is 262 g/mol. The van der Waals surface area contributed by atoms with Gasteiger partial charge in [0.05, 0.1) is 11.5 Å². The molecule has 0 saturated carbocycles. The van der Waals surface area contributed by atoms with Gasteiger partial charge in [0.15, 0.2) is 0 Å². The maximum Gasteiger partial charge on any atom is 0.312 e. The van der Waals surface area contributed by atoms with Crippen molar-refractivity contribution in [2.45, 2.75) is 46.6 Å². The van der Waals surface area contributed by atoms with Gasteiger partial charge in [-0.1, -0.05) is 17.7 Å². The first-order valence-corrected chi connectivity index (χ1v) is 6.78. The summed E-state index contributed by atoms with van der Waals surface area (Å²) in [6, 6.07) is 4.25. The van der Waals surface area contributed by atoms with E-state index in [2.05, 4.69) is 32.9 Å². The molecule has 1 aliphatic heterocycles. The lowest BCUT2D eigenvalue weighted by Gasteiger charge is -2.29. The van der Waals surface area contributed by atoms with Crippen molar-refractivity contribution in [2.75, 3.05) is 6.61 Å². The van der Waals surface area contributed by atoms with E-state index in [1.54, 1.807) is 0 Å².